The molecule has 0 aromatic carbocycles. The van der Waals surface area contributed by atoms with Crippen molar-refractivity contribution in [1.82, 2.24) is 9.97 Å². The first-order valence-corrected chi connectivity index (χ1v) is 5.62. The first-order chi connectivity index (χ1) is 5.98. The molecule has 0 fully saturated rings. The topological polar surface area (TPSA) is 85.9 Å². The molecule has 2 rings (SSSR count). The lowest BCUT2D eigenvalue weighted by atomic mass is 10.2. The number of aryl methyl sites for hydroxylation is 1. The molecular formula is C7H9N3O2S. The molecule has 0 amide bonds. The number of hydrogen-bond acceptors (Lipinski definition) is 5. The van der Waals surface area contributed by atoms with E-state index in [1.54, 1.807) is 6.92 Å². The second kappa shape index (κ2) is 2.41. The first kappa shape index (κ1) is 8.43. The van der Waals surface area contributed by atoms with Crippen LogP contribution in [0.3, 0.4) is 0 Å². The van der Waals surface area contributed by atoms with Gasteiger partial charge in [-0.2, -0.15) is 0 Å². The van der Waals surface area contributed by atoms with Gasteiger partial charge >= 0.3 is 0 Å². The maximum absolute atomic E-state index is 11.2. The number of nitrogens with two attached hydrogens (primary N) is 1. The van der Waals surface area contributed by atoms with Crippen molar-refractivity contribution in [3.05, 3.63) is 17.1 Å². The molecular weight excluding hydrogens is 190 g/mol. The fourth-order valence-corrected chi connectivity index (χ4v) is 2.95. The van der Waals surface area contributed by atoms with Crippen LogP contribution in [0.25, 0.3) is 0 Å². The Hall–Kier alpha value is -1.17. The summed E-state index contributed by atoms with van der Waals surface area (Å²) in [6, 6.07) is 0. The van der Waals surface area contributed by atoms with Crippen LogP contribution in [0.1, 0.15) is 17.1 Å². The molecule has 0 unspecified atom stereocenters. The van der Waals surface area contributed by atoms with Crippen molar-refractivity contribution in [1.29, 1.82) is 0 Å². The Labute approximate surface area is 75.9 Å². The second-order valence-corrected chi connectivity index (χ2v) is 5.18. The highest BCUT2D eigenvalue weighted by Gasteiger charge is 2.28. The van der Waals surface area contributed by atoms with Gasteiger partial charge in [0.2, 0.25) is 0 Å². The summed E-state index contributed by atoms with van der Waals surface area (Å²) >= 11 is 0. The molecule has 6 heteroatoms. The minimum atomic E-state index is -3.03. The number of anilines is 1. The fraction of sp³-hybridized carbons (Fsp3) is 0.429. The summed E-state index contributed by atoms with van der Waals surface area (Å²) in [5.41, 5.74) is 6.71. The summed E-state index contributed by atoms with van der Waals surface area (Å²) in [5, 5.41) is 0. The molecule has 1 aromatic rings. The quantitative estimate of drug-likeness (QED) is 0.625. The van der Waals surface area contributed by atoms with E-state index in [1.165, 1.54) is 0 Å². The van der Waals surface area contributed by atoms with Crippen LogP contribution in [0.15, 0.2) is 0 Å². The molecule has 0 bridgehead atoms. The highest BCUT2D eigenvalue weighted by molar-refractivity contribution is 7.90. The van der Waals surface area contributed by atoms with E-state index in [0.717, 1.165) is 0 Å². The van der Waals surface area contributed by atoms with Gasteiger partial charge in [-0.1, -0.05) is 0 Å². The molecule has 1 aliphatic rings. The second-order valence-electron chi connectivity index (χ2n) is 3.11. The Kier molecular flexibility index (Phi) is 1.56. The molecule has 0 saturated heterocycles. The molecule has 0 spiro atoms. The van der Waals surface area contributed by atoms with Gasteiger partial charge < -0.3 is 5.73 Å². The van der Waals surface area contributed by atoms with Crippen molar-refractivity contribution in [3.8, 4) is 0 Å². The average Bonchev–Trinajstić information content (AvgIpc) is 2.23. The van der Waals surface area contributed by atoms with E-state index in [0.29, 0.717) is 22.9 Å². The van der Waals surface area contributed by atoms with Crippen LogP contribution in [0, 0.1) is 6.92 Å². The highest BCUT2D eigenvalue weighted by atomic mass is 32.2. The summed E-state index contributed by atoms with van der Waals surface area (Å²) < 4.78 is 22.5. The Morgan fingerprint density at radius 2 is 2.00 bits per heavy atom. The van der Waals surface area contributed by atoms with E-state index in [1.807, 2.05) is 0 Å². The number of rotatable bonds is 0. The summed E-state index contributed by atoms with van der Waals surface area (Å²) in [6.45, 7) is 1.70. The number of nitrogen functional groups attached to an aromatic ring is 1. The lowest BCUT2D eigenvalue weighted by Gasteiger charge is -2.00. The number of nitrogens with zero attached hydrogens (tertiary/aromatic N) is 2. The van der Waals surface area contributed by atoms with Gasteiger partial charge in [-0.15, -0.1) is 0 Å². The predicted octanol–water partition coefficient (Wildman–Crippen LogP) is -0.204. The van der Waals surface area contributed by atoms with Crippen LogP contribution in [0.5, 0.6) is 0 Å². The molecule has 1 aromatic heterocycles. The van der Waals surface area contributed by atoms with Gasteiger partial charge in [0.05, 0.1) is 17.2 Å². The molecule has 13 heavy (non-hydrogen) atoms. The van der Waals surface area contributed by atoms with Crippen LogP contribution in [0.4, 0.5) is 5.82 Å². The Morgan fingerprint density at radius 1 is 1.31 bits per heavy atom. The molecule has 70 valence electrons. The normalized spacial score (nSPS) is 18.5. The van der Waals surface area contributed by atoms with Gasteiger partial charge in [0, 0.05) is 5.56 Å². The molecule has 2 heterocycles. The minimum absolute atomic E-state index is 0.00407. The number of sulfone groups is 1. The Morgan fingerprint density at radius 3 is 2.69 bits per heavy atom. The van der Waals surface area contributed by atoms with Crippen LogP contribution < -0.4 is 5.73 Å². The lowest BCUT2D eigenvalue weighted by molar-refractivity contribution is 0.597. The zero-order valence-corrected chi connectivity index (χ0v) is 7.93. The zero-order chi connectivity index (χ0) is 9.64. The monoisotopic (exact) mass is 199 g/mol. The minimum Gasteiger partial charge on any atom is -0.383 e. The highest BCUT2D eigenvalue weighted by Crippen LogP contribution is 2.26. The van der Waals surface area contributed by atoms with Crippen LogP contribution in [0.2, 0.25) is 0 Å². The summed E-state index contributed by atoms with van der Waals surface area (Å²) in [7, 11) is -3.03. The van der Waals surface area contributed by atoms with E-state index in [4.69, 9.17) is 5.73 Å². The third-order valence-electron chi connectivity index (χ3n) is 1.96. The van der Waals surface area contributed by atoms with E-state index >= 15 is 0 Å². The molecule has 0 aliphatic carbocycles. The molecule has 1 aliphatic heterocycles. The van der Waals surface area contributed by atoms with Crippen molar-refractivity contribution in [2.24, 2.45) is 0 Å². The van der Waals surface area contributed by atoms with E-state index in [2.05, 4.69) is 9.97 Å². The van der Waals surface area contributed by atoms with Crippen molar-refractivity contribution < 1.29 is 8.42 Å². The van der Waals surface area contributed by atoms with Gasteiger partial charge in [0.1, 0.15) is 11.6 Å². The number of hydrogen-bond donors (Lipinski definition) is 1. The van der Waals surface area contributed by atoms with Crippen molar-refractivity contribution in [3.63, 3.8) is 0 Å². The molecule has 2 N–H and O–H groups in total. The summed E-state index contributed by atoms with van der Waals surface area (Å²) in [5.74, 6) is 0.793. The van der Waals surface area contributed by atoms with Crippen LogP contribution in [-0.2, 0) is 21.3 Å². The van der Waals surface area contributed by atoms with Gasteiger partial charge in [0.15, 0.2) is 9.84 Å². The molecule has 5 nitrogen and oxygen atoms in total. The molecule has 0 atom stereocenters. The third kappa shape index (κ3) is 1.37. The van der Waals surface area contributed by atoms with Crippen LogP contribution in [-0.4, -0.2) is 18.4 Å². The van der Waals surface area contributed by atoms with Gasteiger partial charge in [-0.25, -0.2) is 18.4 Å². The third-order valence-corrected chi connectivity index (χ3v) is 3.40. The van der Waals surface area contributed by atoms with Crippen molar-refractivity contribution >= 4 is 15.7 Å². The van der Waals surface area contributed by atoms with E-state index in [9.17, 15) is 8.42 Å². The first-order valence-electron chi connectivity index (χ1n) is 3.80. The Balaban J connectivity index is 2.64. The average molecular weight is 199 g/mol. The van der Waals surface area contributed by atoms with Gasteiger partial charge in [-0.05, 0) is 6.92 Å². The van der Waals surface area contributed by atoms with Gasteiger partial charge in [0.25, 0.3) is 0 Å². The van der Waals surface area contributed by atoms with E-state index < -0.39 is 9.84 Å². The zero-order valence-electron chi connectivity index (χ0n) is 7.11. The molecule has 0 saturated carbocycles. The maximum atomic E-state index is 11.2. The molecule has 0 radical (unpaired) electrons. The summed E-state index contributed by atoms with van der Waals surface area (Å²) in [6.07, 6.45) is 0. The fourth-order valence-electron chi connectivity index (χ4n) is 1.43. The standard InChI is InChI=1S/C7H9N3O2S/c1-4-9-6-3-13(11,12)2-5(6)7(8)10-4/h2-3H2,1H3,(H2,8,9,10). The van der Waals surface area contributed by atoms with E-state index in [-0.39, 0.29) is 11.5 Å². The Bertz CT molecular complexity index is 467. The SMILES string of the molecule is Cc1nc(N)c2c(n1)CS(=O)(=O)C2. The van der Waals surface area contributed by atoms with Crippen molar-refractivity contribution in [2.75, 3.05) is 5.73 Å². The number of fused-ring (bicyclic) bond motifs is 1. The predicted molar refractivity (Wildman–Crippen MR) is 47.5 cm³/mol. The maximum Gasteiger partial charge on any atom is 0.160 e. The summed E-state index contributed by atoms with van der Waals surface area (Å²) in [4.78, 5) is 7.95. The van der Waals surface area contributed by atoms with Crippen molar-refractivity contribution in [2.45, 2.75) is 18.4 Å². The smallest absolute Gasteiger partial charge is 0.160 e. The lowest BCUT2D eigenvalue weighted by Crippen LogP contribution is -2.02. The van der Waals surface area contributed by atoms with Gasteiger partial charge in [-0.3, -0.25) is 0 Å². The van der Waals surface area contributed by atoms with Crippen LogP contribution >= 0.6 is 0 Å². The largest absolute Gasteiger partial charge is 0.383 e. The number of aromatic nitrogens is 2.